The van der Waals surface area contributed by atoms with Crippen molar-refractivity contribution in [2.24, 2.45) is 0 Å². The number of nitrogens with one attached hydrogen (secondary N) is 1. The van der Waals surface area contributed by atoms with Gasteiger partial charge in [0.1, 0.15) is 11.3 Å². The van der Waals surface area contributed by atoms with Gasteiger partial charge in [-0.25, -0.2) is 9.97 Å². The summed E-state index contributed by atoms with van der Waals surface area (Å²) in [5, 5.41) is 14.3. The number of fused-ring (bicyclic) bond motifs is 2. The first-order chi connectivity index (χ1) is 12.5. The number of hydrogen-bond acceptors (Lipinski definition) is 6. The van der Waals surface area contributed by atoms with Crippen molar-refractivity contribution in [3.63, 3.8) is 0 Å². The van der Waals surface area contributed by atoms with Gasteiger partial charge in [-0.15, -0.1) is 0 Å². The second kappa shape index (κ2) is 5.96. The number of nitro groups is 1. The van der Waals surface area contributed by atoms with Crippen LogP contribution < -0.4 is 10.9 Å². The van der Waals surface area contributed by atoms with Gasteiger partial charge < -0.3 is 9.72 Å². The lowest BCUT2D eigenvalue weighted by molar-refractivity contribution is -0.385. The zero-order valence-corrected chi connectivity index (χ0v) is 13.8. The monoisotopic (exact) mass is 350 g/mol. The maximum atomic E-state index is 12.4. The van der Waals surface area contributed by atoms with Crippen molar-refractivity contribution >= 4 is 22.8 Å². The quantitative estimate of drug-likeness (QED) is 0.446. The van der Waals surface area contributed by atoms with E-state index in [0.29, 0.717) is 11.3 Å². The molecule has 130 valence electrons. The molecule has 0 radical (unpaired) electrons. The number of anilines is 1. The van der Waals surface area contributed by atoms with Crippen molar-refractivity contribution in [1.29, 1.82) is 0 Å². The summed E-state index contributed by atoms with van der Waals surface area (Å²) in [5.41, 5.74) is 1.50. The molecule has 0 aliphatic heterocycles. The van der Waals surface area contributed by atoms with Crippen molar-refractivity contribution in [2.45, 2.75) is 13.5 Å². The van der Waals surface area contributed by atoms with Crippen molar-refractivity contribution in [3.8, 4) is 0 Å². The van der Waals surface area contributed by atoms with E-state index in [1.54, 1.807) is 18.2 Å². The van der Waals surface area contributed by atoms with Gasteiger partial charge >= 0.3 is 11.2 Å². The van der Waals surface area contributed by atoms with Gasteiger partial charge in [0.2, 0.25) is 5.82 Å². The SMILES string of the molecule is Cc1cccc2nc(CNc3nc4ccccn4c(=O)c3[N+](=O)[O-])cn12. The van der Waals surface area contributed by atoms with Crippen LogP contribution in [0.3, 0.4) is 0 Å². The number of pyridine rings is 2. The summed E-state index contributed by atoms with van der Waals surface area (Å²) in [4.78, 5) is 31.8. The molecule has 1 N–H and O–H groups in total. The maximum Gasteiger partial charge on any atom is 0.376 e. The molecule has 0 atom stereocenters. The minimum Gasteiger partial charge on any atom is -0.358 e. The lowest BCUT2D eigenvalue weighted by atomic mass is 10.4. The van der Waals surface area contributed by atoms with Crippen molar-refractivity contribution in [3.05, 3.63) is 80.6 Å². The average molecular weight is 350 g/mol. The minimum atomic E-state index is -0.728. The topological polar surface area (TPSA) is 107 Å². The third-order valence-corrected chi connectivity index (χ3v) is 4.08. The molecule has 0 aromatic carbocycles. The highest BCUT2D eigenvalue weighted by atomic mass is 16.6. The van der Waals surface area contributed by atoms with E-state index >= 15 is 0 Å². The molecule has 0 fully saturated rings. The summed E-state index contributed by atoms with van der Waals surface area (Å²) in [6.07, 6.45) is 3.30. The van der Waals surface area contributed by atoms with Crippen molar-refractivity contribution in [1.82, 2.24) is 18.8 Å². The largest absolute Gasteiger partial charge is 0.376 e. The van der Waals surface area contributed by atoms with Crippen LogP contribution in [0.15, 0.2) is 53.6 Å². The molecule has 0 bridgehead atoms. The summed E-state index contributed by atoms with van der Waals surface area (Å²) in [6.45, 7) is 2.17. The van der Waals surface area contributed by atoms with Crippen LogP contribution in [-0.2, 0) is 6.54 Å². The first-order valence-corrected chi connectivity index (χ1v) is 7.88. The van der Waals surface area contributed by atoms with Gasteiger partial charge in [0, 0.05) is 18.1 Å². The van der Waals surface area contributed by atoms with Crippen LogP contribution in [0, 0.1) is 17.0 Å². The van der Waals surface area contributed by atoms with E-state index < -0.39 is 16.2 Å². The molecular formula is C17H14N6O3. The minimum absolute atomic E-state index is 0.0695. The molecule has 0 saturated carbocycles. The molecule has 0 amide bonds. The Balaban J connectivity index is 1.74. The standard InChI is InChI=1S/C17H14N6O3/c1-11-5-4-7-13-19-12(10-22(11)13)9-18-16-15(23(25)26)17(24)21-8-3-2-6-14(21)20-16/h2-8,10,18H,9H2,1H3. The van der Waals surface area contributed by atoms with Gasteiger partial charge in [-0.3, -0.25) is 19.3 Å². The normalized spacial score (nSPS) is 11.1. The lowest BCUT2D eigenvalue weighted by Crippen LogP contribution is -2.21. The maximum absolute atomic E-state index is 12.4. The summed E-state index contributed by atoms with van der Waals surface area (Å²) in [5.74, 6) is -0.0695. The molecule has 4 rings (SSSR count). The Morgan fingerprint density at radius 1 is 1.12 bits per heavy atom. The molecule has 0 saturated heterocycles. The average Bonchev–Trinajstić information content (AvgIpc) is 3.04. The number of imidazole rings is 1. The van der Waals surface area contributed by atoms with Crippen LogP contribution >= 0.6 is 0 Å². The molecule has 4 aromatic heterocycles. The van der Waals surface area contributed by atoms with Crippen LogP contribution in [0.4, 0.5) is 11.5 Å². The second-order valence-electron chi connectivity index (χ2n) is 5.78. The van der Waals surface area contributed by atoms with Crippen LogP contribution in [0.5, 0.6) is 0 Å². The highest BCUT2D eigenvalue weighted by molar-refractivity contribution is 5.60. The third kappa shape index (κ3) is 2.55. The first kappa shape index (κ1) is 15.8. The zero-order valence-electron chi connectivity index (χ0n) is 13.8. The molecule has 4 aromatic rings. The fourth-order valence-electron chi connectivity index (χ4n) is 2.83. The third-order valence-electron chi connectivity index (χ3n) is 4.08. The van der Waals surface area contributed by atoms with Gasteiger partial charge in [0.15, 0.2) is 0 Å². The van der Waals surface area contributed by atoms with E-state index in [2.05, 4.69) is 15.3 Å². The molecule has 9 heteroatoms. The molecule has 26 heavy (non-hydrogen) atoms. The number of aromatic nitrogens is 4. The fraction of sp³-hybridized carbons (Fsp3) is 0.118. The molecule has 0 aliphatic rings. The first-order valence-electron chi connectivity index (χ1n) is 7.88. The highest BCUT2D eigenvalue weighted by Gasteiger charge is 2.23. The van der Waals surface area contributed by atoms with Gasteiger partial charge in [-0.2, -0.15) is 0 Å². The van der Waals surface area contributed by atoms with E-state index in [0.717, 1.165) is 15.7 Å². The van der Waals surface area contributed by atoms with E-state index in [-0.39, 0.29) is 12.4 Å². The molecule has 4 heterocycles. The van der Waals surface area contributed by atoms with Crippen molar-refractivity contribution < 1.29 is 4.92 Å². The van der Waals surface area contributed by atoms with Gasteiger partial charge in [-0.05, 0) is 31.2 Å². The Bertz CT molecular complexity index is 1210. The Morgan fingerprint density at radius 3 is 2.65 bits per heavy atom. The van der Waals surface area contributed by atoms with E-state index in [1.165, 1.54) is 6.20 Å². The zero-order chi connectivity index (χ0) is 18.3. The number of nitrogens with zero attached hydrogens (tertiary/aromatic N) is 5. The smallest absolute Gasteiger partial charge is 0.358 e. The second-order valence-corrected chi connectivity index (χ2v) is 5.78. The highest BCUT2D eigenvalue weighted by Crippen LogP contribution is 2.19. The molecule has 0 spiro atoms. The predicted molar refractivity (Wildman–Crippen MR) is 95.4 cm³/mol. The molecule has 0 unspecified atom stereocenters. The summed E-state index contributed by atoms with van der Waals surface area (Å²) in [7, 11) is 0. The summed E-state index contributed by atoms with van der Waals surface area (Å²) < 4.78 is 3.08. The Labute approximate surface area is 146 Å². The molecular weight excluding hydrogens is 336 g/mol. The van der Waals surface area contributed by atoms with Crippen LogP contribution in [0.2, 0.25) is 0 Å². The Morgan fingerprint density at radius 2 is 1.88 bits per heavy atom. The summed E-state index contributed by atoms with van der Waals surface area (Å²) in [6, 6.07) is 10.7. The van der Waals surface area contributed by atoms with Crippen molar-refractivity contribution in [2.75, 3.05) is 5.32 Å². The van der Waals surface area contributed by atoms with Crippen LogP contribution in [-0.4, -0.2) is 23.7 Å². The number of hydrogen-bond donors (Lipinski definition) is 1. The van der Waals surface area contributed by atoms with E-state index in [4.69, 9.17) is 0 Å². The molecule has 9 nitrogen and oxygen atoms in total. The van der Waals surface area contributed by atoms with Gasteiger partial charge in [-0.1, -0.05) is 12.1 Å². The van der Waals surface area contributed by atoms with Gasteiger partial charge in [0.05, 0.1) is 17.2 Å². The van der Waals surface area contributed by atoms with E-state index in [1.807, 2.05) is 35.7 Å². The van der Waals surface area contributed by atoms with Crippen LogP contribution in [0.1, 0.15) is 11.4 Å². The Kier molecular flexibility index (Phi) is 3.61. The Hall–Kier alpha value is -3.75. The molecule has 0 aliphatic carbocycles. The fourth-order valence-corrected chi connectivity index (χ4v) is 2.83. The number of aryl methyl sites for hydroxylation is 1. The van der Waals surface area contributed by atoms with Crippen LogP contribution in [0.25, 0.3) is 11.3 Å². The summed E-state index contributed by atoms with van der Waals surface area (Å²) >= 11 is 0. The van der Waals surface area contributed by atoms with E-state index in [9.17, 15) is 14.9 Å². The predicted octanol–water partition coefficient (Wildman–Crippen LogP) is 2.17. The lowest BCUT2D eigenvalue weighted by Gasteiger charge is -2.06. The number of rotatable bonds is 4. The van der Waals surface area contributed by atoms with Gasteiger partial charge in [0.25, 0.3) is 0 Å².